The second-order valence-electron chi connectivity index (χ2n) is 13.5. The number of nitrogens with zero attached hydrogens (tertiary/aromatic N) is 6. The van der Waals surface area contributed by atoms with Crippen LogP contribution in [0.2, 0.25) is 0 Å². The number of piperazine rings is 1. The summed E-state index contributed by atoms with van der Waals surface area (Å²) in [6.07, 6.45) is 9.88. The molecule has 1 amide bonds. The number of hydrogen-bond donors (Lipinski definition) is 3. The number of carbonyl (C=O) groups is 1. The number of likely N-dealkylation sites (N-methyl/N-ethyl adjacent to an activating group) is 1. The van der Waals surface area contributed by atoms with Gasteiger partial charge in [0.25, 0.3) is 5.91 Å². The fourth-order valence-corrected chi connectivity index (χ4v) is 7.48. The number of amides is 1. The lowest BCUT2D eigenvalue weighted by atomic mass is 9.92. The molecule has 11 heteroatoms. The summed E-state index contributed by atoms with van der Waals surface area (Å²) in [4.78, 5) is 34.4. The average Bonchev–Trinajstić information content (AvgIpc) is 3.86. The van der Waals surface area contributed by atoms with Crippen LogP contribution in [0, 0.1) is 5.41 Å². The molecule has 0 bridgehead atoms. The van der Waals surface area contributed by atoms with Crippen molar-refractivity contribution in [3.05, 3.63) is 54.0 Å². The van der Waals surface area contributed by atoms with Gasteiger partial charge in [0, 0.05) is 92.7 Å². The quantitative estimate of drug-likeness (QED) is 0.320. The number of nitrogens with two attached hydrogens (primary N) is 1. The van der Waals surface area contributed by atoms with Crippen LogP contribution >= 0.6 is 0 Å². The average molecular weight is 626 g/mol. The summed E-state index contributed by atoms with van der Waals surface area (Å²) in [5.41, 5.74) is 11.0. The van der Waals surface area contributed by atoms with Crippen molar-refractivity contribution in [2.75, 3.05) is 75.1 Å². The van der Waals surface area contributed by atoms with E-state index in [9.17, 15) is 4.79 Å². The van der Waals surface area contributed by atoms with Crippen LogP contribution in [-0.4, -0.2) is 102 Å². The molecule has 1 aliphatic carbocycles. The number of aromatic nitrogens is 3. The minimum atomic E-state index is -0.628. The third-order valence-corrected chi connectivity index (χ3v) is 10.5. The van der Waals surface area contributed by atoms with Crippen LogP contribution in [0.5, 0.6) is 0 Å². The van der Waals surface area contributed by atoms with Crippen LogP contribution < -0.4 is 21.3 Å². The molecule has 244 valence electrons. The van der Waals surface area contributed by atoms with Crippen LogP contribution in [0.15, 0.2) is 42.7 Å². The maximum atomic E-state index is 12.8. The molecule has 4 aliphatic rings. The lowest BCUT2D eigenvalue weighted by Gasteiger charge is -2.43. The largest absolute Gasteiger partial charge is 0.381 e. The Bertz CT molecular complexity index is 1530. The molecule has 5 heterocycles. The Morgan fingerprint density at radius 2 is 1.76 bits per heavy atom. The second-order valence-corrected chi connectivity index (χ2v) is 13.5. The van der Waals surface area contributed by atoms with Crippen LogP contribution in [0.4, 0.5) is 23.0 Å². The van der Waals surface area contributed by atoms with E-state index in [1.807, 2.05) is 12.1 Å². The fourth-order valence-electron chi connectivity index (χ4n) is 7.48. The summed E-state index contributed by atoms with van der Waals surface area (Å²) >= 11 is 0. The van der Waals surface area contributed by atoms with E-state index in [1.165, 1.54) is 37.2 Å². The van der Waals surface area contributed by atoms with Gasteiger partial charge in [0.1, 0.15) is 5.69 Å². The Labute approximate surface area is 271 Å². The Balaban J connectivity index is 1.14. The molecule has 1 saturated carbocycles. The van der Waals surface area contributed by atoms with E-state index in [0.29, 0.717) is 30.0 Å². The zero-order valence-electron chi connectivity index (χ0n) is 27.2. The predicted molar refractivity (Wildman–Crippen MR) is 182 cm³/mol. The molecule has 1 aromatic carbocycles. The van der Waals surface area contributed by atoms with Gasteiger partial charge in [-0.2, -0.15) is 0 Å². The minimum absolute atomic E-state index is 0.110. The molecular formula is C35H47N9O2. The summed E-state index contributed by atoms with van der Waals surface area (Å²) in [5.74, 6) is 0.358. The normalized spacial score (nSPS) is 22.1. The predicted octanol–water partition coefficient (Wildman–Crippen LogP) is 4.14. The van der Waals surface area contributed by atoms with Crippen LogP contribution in [0.3, 0.4) is 0 Å². The lowest BCUT2D eigenvalue weighted by molar-refractivity contribution is 0.0351. The number of pyridine rings is 1. The zero-order valence-corrected chi connectivity index (χ0v) is 27.2. The van der Waals surface area contributed by atoms with Crippen molar-refractivity contribution in [2.45, 2.75) is 57.5 Å². The fraction of sp³-hybridized carbons (Fsp3) is 0.543. The first-order valence-electron chi connectivity index (χ1n) is 17.0. The monoisotopic (exact) mass is 625 g/mol. The third kappa shape index (κ3) is 6.41. The SMILES string of the molecule is CCc1cc(Nc2nc(NC3CCOCC34CC4)c(-c3ccncc3)nc2C(N)=O)ccc1N1CCC(N2CCN(C)CC2)CC1. The highest BCUT2D eigenvalue weighted by molar-refractivity contribution is 5.97. The Hall–Kier alpha value is -3.80. The number of carbonyl (C=O) groups excluding carboxylic acids is 1. The van der Waals surface area contributed by atoms with Crippen molar-refractivity contribution in [1.29, 1.82) is 0 Å². The van der Waals surface area contributed by atoms with E-state index < -0.39 is 5.91 Å². The number of ether oxygens (including phenoxy) is 1. The van der Waals surface area contributed by atoms with Gasteiger partial charge in [0.05, 0.1) is 6.61 Å². The van der Waals surface area contributed by atoms with Gasteiger partial charge in [-0.1, -0.05) is 6.92 Å². The summed E-state index contributed by atoms with van der Waals surface area (Å²) in [6, 6.07) is 11.1. The van der Waals surface area contributed by atoms with Crippen molar-refractivity contribution in [2.24, 2.45) is 11.1 Å². The van der Waals surface area contributed by atoms with E-state index in [4.69, 9.17) is 20.4 Å². The number of nitrogens with one attached hydrogen (secondary N) is 2. The molecule has 46 heavy (non-hydrogen) atoms. The number of hydrogen-bond acceptors (Lipinski definition) is 10. The smallest absolute Gasteiger partial charge is 0.271 e. The topological polar surface area (TPSA) is 125 Å². The molecule has 3 aliphatic heterocycles. The highest BCUT2D eigenvalue weighted by Crippen LogP contribution is 2.52. The van der Waals surface area contributed by atoms with Crippen molar-refractivity contribution in [3.8, 4) is 11.3 Å². The van der Waals surface area contributed by atoms with Crippen molar-refractivity contribution >= 4 is 28.9 Å². The molecule has 3 saturated heterocycles. The highest BCUT2D eigenvalue weighted by atomic mass is 16.5. The number of piperidine rings is 1. The van der Waals surface area contributed by atoms with Crippen LogP contribution in [0.25, 0.3) is 11.3 Å². The molecule has 4 N–H and O–H groups in total. The van der Waals surface area contributed by atoms with Crippen molar-refractivity contribution in [1.82, 2.24) is 24.8 Å². The van der Waals surface area contributed by atoms with E-state index in [-0.39, 0.29) is 17.2 Å². The van der Waals surface area contributed by atoms with Gasteiger partial charge in [0.2, 0.25) is 0 Å². The Morgan fingerprint density at radius 1 is 1.00 bits per heavy atom. The van der Waals surface area contributed by atoms with E-state index in [2.05, 4.69) is 62.5 Å². The van der Waals surface area contributed by atoms with Gasteiger partial charge in [-0.3, -0.25) is 14.7 Å². The number of benzene rings is 1. The number of aryl methyl sites for hydroxylation is 1. The summed E-state index contributed by atoms with van der Waals surface area (Å²) in [7, 11) is 2.22. The maximum absolute atomic E-state index is 12.8. The summed E-state index contributed by atoms with van der Waals surface area (Å²) < 4.78 is 5.83. The number of rotatable bonds is 9. The molecule has 1 unspecified atom stereocenters. The Morgan fingerprint density at radius 3 is 2.46 bits per heavy atom. The minimum Gasteiger partial charge on any atom is -0.381 e. The van der Waals surface area contributed by atoms with Gasteiger partial charge in [-0.25, -0.2) is 9.97 Å². The summed E-state index contributed by atoms with van der Waals surface area (Å²) in [6.45, 7) is 10.5. The van der Waals surface area contributed by atoms with Crippen molar-refractivity contribution < 1.29 is 9.53 Å². The first kappa shape index (κ1) is 30.8. The molecule has 3 aromatic rings. The number of anilines is 4. The van der Waals surface area contributed by atoms with Gasteiger partial charge in [-0.15, -0.1) is 0 Å². The third-order valence-electron chi connectivity index (χ3n) is 10.5. The molecule has 11 nitrogen and oxygen atoms in total. The van der Waals surface area contributed by atoms with E-state index >= 15 is 0 Å². The second kappa shape index (κ2) is 13.1. The van der Waals surface area contributed by atoms with Crippen LogP contribution in [0.1, 0.15) is 55.1 Å². The molecule has 0 radical (unpaired) electrons. The van der Waals surface area contributed by atoms with E-state index in [0.717, 1.165) is 69.7 Å². The van der Waals surface area contributed by atoms with Gasteiger partial charge in [-0.05, 0) is 81.5 Å². The van der Waals surface area contributed by atoms with Crippen LogP contribution in [-0.2, 0) is 11.2 Å². The van der Waals surface area contributed by atoms with Gasteiger partial charge < -0.3 is 30.9 Å². The molecular weight excluding hydrogens is 578 g/mol. The highest BCUT2D eigenvalue weighted by Gasteiger charge is 2.51. The Kier molecular flexibility index (Phi) is 8.80. The van der Waals surface area contributed by atoms with Crippen molar-refractivity contribution in [3.63, 3.8) is 0 Å². The zero-order chi connectivity index (χ0) is 31.7. The maximum Gasteiger partial charge on any atom is 0.271 e. The first-order chi connectivity index (χ1) is 22.4. The first-order valence-corrected chi connectivity index (χ1v) is 17.0. The molecule has 2 aromatic heterocycles. The molecule has 1 spiro atoms. The number of primary amides is 1. The standard InChI is InChI=1S/C35H47N9O2/c1-3-24-22-26(4-5-28(24)44-15-8-27(9-16-44)43-19-17-42(2)18-20-43)38-34-31(32(36)45)40-30(25-6-13-37-14-7-25)33(41-34)39-29-10-21-46-23-35(29)11-12-35/h4-7,13-14,22,27,29H,3,8-12,15-21,23H2,1-2H3,(H2,36,45)(H2,38,39,41). The molecule has 1 atom stereocenters. The van der Waals surface area contributed by atoms with Gasteiger partial charge in [0.15, 0.2) is 17.3 Å². The molecule has 4 fully saturated rings. The van der Waals surface area contributed by atoms with E-state index in [1.54, 1.807) is 12.4 Å². The van der Waals surface area contributed by atoms with Gasteiger partial charge >= 0.3 is 0 Å². The summed E-state index contributed by atoms with van der Waals surface area (Å²) in [5, 5.41) is 7.14. The lowest BCUT2D eigenvalue weighted by Crippen LogP contribution is -2.52. The molecule has 7 rings (SSSR count).